The van der Waals surface area contributed by atoms with Crippen LogP contribution in [0.15, 0.2) is 187 Å². The fraction of sp³-hybridized carbons (Fsp3) is 0.342. The summed E-state index contributed by atoms with van der Waals surface area (Å²) < 4.78 is 69.6. The number of hydrogen-bond donors (Lipinski definition) is 6. The minimum Gasteiger partial charge on any atom is -0.493 e. The summed E-state index contributed by atoms with van der Waals surface area (Å²) in [6.07, 6.45) is 6.30. The standard InChI is InChI=1S/C58H61N5O13S.C56H56N6O10/c1-34-21-45-40(29-53(77(71,72)74-4)49-26-39-10-6-8-12-48(39)63(49)58(45)70)28-50(34)75-32-35-22-36(24-41(23-35)61-56(68)20-17-44(65)31-60-55(67)19-16-43(64)15-18-54(66)59-2)33-76-52-27-37-13-14-42-25-38-9-5-7-11-47(38)62(42)57(69)46(37)30-51(52)73-3;1-33-20-45-46(58-29-41-25-38-9-5-7-11-48(38)62(41)56(45)69)28-49(33)71-31-34-21-35(23-39(22-34)60-54(67)19-16-43(64)30-59-53(66)18-15-42(63)14-17-52(65)57-2)32-72-51-26-36-12-13-40-24-37-8-4-6-10-47(37)61(40)55(68)44(36)27-50(51)70-3/h5-12,21-24,27-28,30,42,49,53H,13-20,25-26,29,31-33H2,1-4H3,(H,59,66)(H,60,67)(H,61,68);4-11,20-23,26-29,40-41H,12-19,24-25,30-32H2,1-3H3,(H,57,65)(H,59,66)(H,60,67)/t42-,49+,53?;40-,41+/m11/s1. The second kappa shape index (κ2) is 46.4. The summed E-state index contributed by atoms with van der Waals surface area (Å²) in [6, 6.07) is 55.4. The Morgan fingerprint density at radius 1 is 0.356 bits per heavy atom. The number of hydrogen-bond acceptors (Lipinski definition) is 24. The van der Waals surface area contributed by atoms with Gasteiger partial charge in [-0.1, -0.05) is 72.8 Å². The van der Waals surface area contributed by atoms with Crippen LogP contribution in [0.1, 0.15) is 204 Å². The zero-order chi connectivity index (χ0) is 105. The molecule has 0 aromatic heterocycles. The lowest BCUT2D eigenvalue weighted by atomic mass is 9.97. The molecule has 10 amide bonds. The molecule has 0 fully saturated rings. The van der Waals surface area contributed by atoms with Gasteiger partial charge in [-0.15, -0.1) is 0 Å². The monoisotopic (exact) mass is 2040 g/mol. The predicted octanol–water partition coefficient (Wildman–Crippen LogP) is 13.7. The average molecular weight is 2040 g/mol. The van der Waals surface area contributed by atoms with E-state index < -0.39 is 50.8 Å². The molecule has 35 heteroatoms. The van der Waals surface area contributed by atoms with Crippen LogP contribution in [-0.4, -0.2) is 175 Å². The van der Waals surface area contributed by atoms with Crippen molar-refractivity contribution < 1.29 is 108 Å². The third-order valence-electron chi connectivity index (χ3n) is 28.3. The molecule has 0 spiro atoms. The maximum Gasteiger partial charge on any atom is 0.272 e. The third-order valence-corrected chi connectivity index (χ3v) is 30.0. The van der Waals surface area contributed by atoms with E-state index in [1.54, 1.807) is 77.4 Å². The molecular weight excluding hydrogens is 1920 g/mol. The predicted molar refractivity (Wildman–Crippen MR) is 557 cm³/mol. The van der Waals surface area contributed by atoms with Crippen molar-refractivity contribution in [2.24, 2.45) is 4.99 Å². The molecule has 10 aromatic rings. The Balaban J connectivity index is 0.000000203. The van der Waals surface area contributed by atoms with Crippen molar-refractivity contribution in [1.29, 1.82) is 0 Å². The lowest BCUT2D eigenvalue weighted by Gasteiger charge is -2.28. The molecule has 0 radical (unpaired) electrons. The Kier molecular flexibility index (Phi) is 32.5. The first kappa shape index (κ1) is 104. The van der Waals surface area contributed by atoms with Crippen molar-refractivity contribution in [3.63, 3.8) is 0 Å². The maximum absolute atomic E-state index is 14.4. The van der Waals surface area contributed by atoms with Gasteiger partial charge in [-0.2, -0.15) is 8.42 Å². The molecule has 149 heavy (non-hydrogen) atoms. The van der Waals surface area contributed by atoms with Crippen LogP contribution >= 0.6 is 0 Å². The number of methoxy groups -OCH3 is 2. The van der Waals surface area contributed by atoms with E-state index in [9.17, 15) is 75.5 Å². The highest BCUT2D eigenvalue weighted by atomic mass is 32.2. The van der Waals surface area contributed by atoms with Crippen LogP contribution in [-0.2, 0) is 134 Å². The van der Waals surface area contributed by atoms with E-state index in [1.807, 2.05) is 132 Å². The number of nitrogens with zero attached hydrogens (tertiary/aromatic N) is 5. The summed E-state index contributed by atoms with van der Waals surface area (Å²) in [6.45, 7) is 3.14. The Morgan fingerprint density at radius 2 is 0.718 bits per heavy atom. The van der Waals surface area contributed by atoms with E-state index in [4.69, 9.17) is 37.6 Å². The number of benzene rings is 10. The van der Waals surface area contributed by atoms with Crippen LogP contribution in [0.2, 0.25) is 0 Å². The van der Waals surface area contributed by atoms with Gasteiger partial charge in [0.2, 0.25) is 35.4 Å². The molecule has 0 saturated carbocycles. The fourth-order valence-corrected chi connectivity index (χ4v) is 21.8. The van der Waals surface area contributed by atoms with Gasteiger partial charge in [0.05, 0.1) is 57.8 Å². The van der Waals surface area contributed by atoms with Gasteiger partial charge >= 0.3 is 0 Å². The van der Waals surface area contributed by atoms with Gasteiger partial charge in [0.15, 0.2) is 34.6 Å². The molecule has 8 aliphatic heterocycles. The Hall–Kier alpha value is -16.0. The van der Waals surface area contributed by atoms with E-state index >= 15 is 0 Å². The summed E-state index contributed by atoms with van der Waals surface area (Å²) in [5, 5.41) is 14.6. The largest absolute Gasteiger partial charge is 0.493 e. The van der Waals surface area contributed by atoms with E-state index in [2.05, 4.69) is 44.0 Å². The van der Waals surface area contributed by atoms with Gasteiger partial charge in [0.25, 0.3) is 33.7 Å². The summed E-state index contributed by atoms with van der Waals surface area (Å²) >= 11 is 0. The fourth-order valence-electron chi connectivity index (χ4n) is 20.6. The molecule has 10 aromatic carbocycles. The Bertz CT molecular complexity index is 7180. The first-order valence-corrected chi connectivity index (χ1v) is 51.4. The molecule has 8 heterocycles. The minimum absolute atomic E-state index is 0.00343. The zero-order valence-corrected chi connectivity index (χ0v) is 84.7. The molecule has 34 nitrogen and oxygen atoms in total. The smallest absolute Gasteiger partial charge is 0.272 e. The van der Waals surface area contributed by atoms with Crippen LogP contribution in [0, 0.1) is 13.8 Å². The number of ketones is 4. The highest BCUT2D eigenvalue weighted by Gasteiger charge is 2.49. The van der Waals surface area contributed by atoms with Crippen molar-refractivity contribution in [2.75, 3.05) is 78.7 Å². The molecule has 0 saturated heterocycles. The average Bonchev–Trinajstić information content (AvgIpc) is 1.57. The number of aryl methyl sites for hydroxylation is 4. The van der Waals surface area contributed by atoms with Crippen LogP contribution in [0.5, 0.6) is 34.5 Å². The van der Waals surface area contributed by atoms with E-state index in [-0.39, 0.29) is 194 Å². The third kappa shape index (κ3) is 24.1. The number of rotatable bonds is 40. The normalized spacial score (nSPS) is 16.5. The van der Waals surface area contributed by atoms with E-state index in [1.165, 1.54) is 28.3 Å². The van der Waals surface area contributed by atoms with Crippen molar-refractivity contribution in [3.8, 4) is 34.5 Å². The lowest BCUT2D eigenvalue weighted by molar-refractivity contribution is -0.128. The molecule has 18 rings (SSSR count). The highest BCUT2D eigenvalue weighted by molar-refractivity contribution is 7.87. The van der Waals surface area contributed by atoms with Crippen molar-refractivity contribution in [2.45, 2.75) is 205 Å². The second-order valence-corrected chi connectivity index (χ2v) is 40.3. The number of amides is 10. The van der Waals surface area contributed by atoms with Crippen molar-refractivity contribution >= 4 is 138 Å². The van der Waals surface area contributed by atoms with Gasteiger partial charge in [-0.3, -0.25) is 81.2 Å². The van der Waals surface area contributed by atoms with Crippen molar-refractivity contribution in [1.82, 2.24) is 21.3 Å². The van der Waals surface area contributed by atoms with Crippen LogP contribution < -0.4 is 79.9 Å². The number of carbonyl (C=O) groups excluding carboxylic acids is 14. The van der Waals surface area contributed by atoms with Gasteiger partial charge in [-0.25, -0.2) is 0 Å². The number of fused-ring (bicyclic) bond motifs is 16. The van der Waals surface area contributed by atoms with Crippen molar-refractivity contribution in [3.05, 3.63) is 277 Å². The van der Waals surface area contributed by atoms with E-state index in [0.717, 1.165) is 88.8 Å². The number of anilines is 6. The molecule has 8 aliphatic rings. The molecule has 5 atom stereocenters. The molecule has 0 bridgehead atoms. The first-order chi connectivity index (χ1) is 71.9. The quantitative estimate of drug-likeness (QED) is 0.0194. The molecule has 6 N–H and O–H groups in total. The minimum atomic E-state index is -4.12. The number of aliphatic imine (C=N–C) groups is 1. The Labute approximate surface area is 862 Å². The van der Waals surface area contributed by atoms with Gasteiger partial charge in [0, 0.05) is 173 Å². The number of para-hydroxylation sites is 4. The summed E-state index contributed by atoms with van der Waals surface area (Å²) in [7, 11) is 3.00. The molecule has 1 unspecified atom stereocenters. The van der Waals surface area contributed by atoms with Crippen LogP contribution in [0.4, 0.5) is 39.8 Å². The molecular formula is C114H117N11O23S. The SMILES string of the molecule is CNC(=O)CCC(=O)CCC(=O)NCC(=O)CCC(=O)Nc1cc(COc2cc3c(cc2C)C(=O)N2c4ccccc4C[C@H]2C(S(=O)(=O)OC)C3)cc(COc2cc3c(cc2OC)C(=O)N2c4ccccc4C[C@H]2CC3)c1.CNC(=O)CCC(=O)CCC(=O)NCC(=O)CCC(=O)Nc1cc(COc2cc3c(cc2C)C(=O)N2c4ccccc4C[C@H]2C=N3)cc(COc2cc3c(cc2OC)C(=O)N2c4ccccc4C[C@H]2CC3)c1. The van der Waals surface area contributed by atoms with Crippen LogP contribution in [0.3, 0.4) is 0 Å². The van der Waals surface area contributed by atoms with E-state index in [0.29, 0.717) is 139 Å². The molecule has 0 aliphatic carbocycles. The molecule has 772 valence electrons. The summed E-state index contributed by atoms with van der Waals surface area (Å²) in [5.74, 6) is -1.73. The van der Waals surface area contributed by atoms with Gasteiger partial charge in [-0.05, 0) is 241 Å². The highest BCUT2D eigenvalue weighted by Crippen LogP contribution is 2.47. The number of carbonyl (C=O) groups is 14. The van der Waals surface area contributed by atoms with Gasteiger partial charge in [0.1, 0.15) is 54.7 Å². The summed E-state index contributed by atoms with van der Waals surface area (Å²) in [4.78, 5) is 193. The number of Topliss-reactive ketones (excluding diaryl/α,β-unsaturated/α-hetero) is 4. The second-order valence-electron chi connectivity index (χ2n) is 38.3. The number of nitrogens with one attached hydrogen (secondary N) is 6. The topological polar surface area (TPSA) is 435 Å². The first-order valence-electron chi connectivity index (χ1n) is 50.0. The zero-order valence-electron chi connectivity index (χ0n) is 83.9. The van der Waals surface area contributed by atoms with Gasteiger partial charge < -0.3 is 75.0 Å². The van der Waals surface area contributed by atoms with Crippen LogP contribution in [0.25, 0.3) is 0 Å². The number of ether oxygens (including phenoxy) is 6. The Morgan fingerprint density at radius 3 is 1.16 bits per heavy atom. The lowest BCUT2D eigenvalue weighted by Crippen LogP contribution is -2.47. The summed E-state index contributed by atoms with van der Waals surface area (Å²) in [5.41, 5.74) is 17.1. The maximum atomic E-state index is 14.4.